The van der Waals surface area contributed by atoms with Gasteiger partial charge in [-0.3, -0.25) is 9.48 Å². The van der Waals surface area contributed by atoms with Crippen molar-refractivity contribution in [3.05, 3.63) is 24.2 Å². The average Bonchev–Trinajstić information content (AvgIpc) is 2.94. The van der Waals surface area contributed by atoms with Crippen LogP contribution in [0.25, 0.3) is 11.5 Å². The van der Waals surface area contributed by atoms with Crippen molar-refractivity contribution in [3.63, 3.8) is 0 Å². The molecule has 3 N–H and O–H groups in total. The van der Waals surface area contributed by atoms with Crippen molar-refractivity contribution in [2.24, 2.45) is 24.6 Å². The van der Waals surface area contributed by atoms with Crippen LogP contribution in [0.2, 0.25) is 0 Å². The SMILES string of the molecule is Cc1cnn(C)c1-c1ncc(NC(=O)C(N)C2CCC(C)CC2)cn1. The summed E-state index contributed by atoms with van der Waals surface area (Å²) in [5, 5.41) is 7.03. The van der Waals surface area contributed by atoms with Gasteiger partial charge in [0.05, 0.1) is 30.3 Å². The molecule has 0 spiro atoms. The summed E-state index contributed by atoms with van der Waals surface area (Å²) < 4.78 is 1.74. The molecule has 2 aromatic heterocycles. The summed E-state index contributed by atoms with van der Waals surface area (Å²) in [6.45, 7) is 4.22. The summed E-state index contributed by atoms with van der Waals surface area (Å²) in [7, 11) is 1.85. The van der Waals surface area contributed by atoms with Crippen molar-refractivity contribution < 1.29 is 4.79 Å². The first-order chi connectivity index (χ1) is 12.0. The number of hydrogen-bond acceptors (Lipinski definition) is 5. The minimum absolute atomic E-state index is 0.160. The van der Waals surface area contributed by atoms with E-state index in [0.717, 1.165) is 42.9 Å². The first kappa shape index (κ1) is 17.5. The van der Waals surface area contributed by atoms with E-state index in [1.165, 1.54) is 0 Å². The molecule has 0 radical (unpaired) electrons. The van der Waals surface area contributed by atoms with E-state index < -0.39 is 6.04 Å². The van der Waals surface area contributed by atoms with Gasteiger partial charge in [-0.15, -0.1) is 0 Å². The molecule has 1 saturated carbocycles. The second-order valence-corrected chi connectivity index (χ2v) is 7.13. The van der Waals surface area contributed by atoms with Gasteiger partial charge in [-0.1, -0.05) is 19.8 Å². The molecule has 0 bridgehead atoms. The van der Waals surface area contributed by atoms with Crippen LogP contribution in [0.1, 0.15) is 38.2 Å². The number of carbonyl (C=O) groups is 1. The van der Waals surface area contributed by atoms with Gasteiger partial charge in [-0.2, -0.15) is 5.10 Å². The predicted molar refractivity (Wildman–Crippen MR) is 96.7 cm³/mol. The molecule has 1 atom stereocenters. The second-order valence-electron chi connectivity index (χ2n) is 7.13. The largest absolute Gasteiger partial charge is 0.322 e. The maximum atomic E-state index is 12.4. The highest BCUT2D eigenvalue weighted by Gasteiger charge is 2.28. The van der Waals surface area contributed by atoms with Crippen LogP contribution in [-0.2, 0) is 11.8 Å². The Hall–Kier alpha value is -2.28. The van der Waals surface area contributed by atoms with Crippen molar-refractivity contribution in [2.45, 2.75) is 45.6 Å². The molecule has 7 heteroatoms. The molecular weight excluding hydrogens is 316 g/mol. The van der Waals surface area contributed by atoms with Crippen LogP contribution in [0.15, 0.2) is 18.6 Å². The molecule has 25 heavy (non-hydrogen) atoms. The summed E-state index contributed by atoms with van der Waals surface area (Å²) >= 11 is 0. The highest BCUT2D eigenvalue weighted by molar-refractivity contribution is 5.94. The molecule has 0 aromatic carbocycles. The van der Waals surface area contributed by atoms with Crippen molar-refractivity contribution in [1.29, 1.82) is 0 Å². The van der Waals surface area contributed by atoms with E-state index in [4.69, 9.17) is 5.73 Å². The number of amides is 1. The number of nitrogens with two attached hydrogens (primary N) is 1. The smallest absolute Gasteiger partial charge is 0.241 e. The number of nitrogens with zero attached hydrogens (tertiary/aromatic N) is 4. The molecule has 2 heterocycles. The van der Waals surface area contributed by atoms with E-state index in [1.54, 1.807) is 23.3 Å². The molecule has 1 amide bonds. The van der Waals surface area contributed by atoms with E-state index in [-0.39, 0.29) is 11.8 Å². The maximum Gasteiger partial charge on any atom is 0.241 e. The molecule has 1 aliphatic rings. The van der Waals surface area contributed by atoms with Crippen molar-refractivity contribution in [3.8, 4) is 11.5 Å². The van der Waals surface area contributed by atoms with Gasteiger partial charge in [0.25, 0.3) is 0 Å². The first-order valence-corrected chi connectivity index (χ1v) is 8.83. The van der Waals surface area contributed by atoms with Gasteiger partial charge in [0, 0.05) is 7.05 Å². The standard InChI is InChI=1S/C18H26N6O/c1-11-4-6-13(7-5-11)15(19)18(25)23-14-9-20-17(21-10-14)16-12(2)8-22-24(16)3/h8-11,13,15H,4-7,19H2,1-3H3,(H,23,25). The zero-order valence-electron chi connectivity index (χ0n) is 15.1. The lowest BCUT2D eigenvalue weighted by molar-refractivity contribution is -0.118. The van der Waals surface area contributed by atoms with E-state index in [1.807, 2.05) is 14.0 Å². The van der Waals surface area contributed by atoms with Gasteiger partial charge >= 0.3 is 0 Å². The lowest BCUT2D eigenvalue weighted by atomic mass is 9.79. The zero-order chi connectivity index (χ0) is 18.0. The monoisotopic (exact) mass is 342 g/mol. The topological polar surface area (TPSA) is 98.7 Å². The van der Waals surface area contributed by atoms with Crippen molar-refractivity contribution >= 4 is 11.6 Å². The molecule has 2 aromatic rings. The Bertz CT molecular complexity index is 711. The average molecular weight is 342 g/mol. The quantitative estimate of drug-likeness (QED) is 0.888. The fraction of sp³-hybridized carbons (Fsp3) is 0.556. The van der Waals surface area contributed by atoms with E-state index in [2.05, 4.69) is 27.3 Å². The zero-order valence-corrected chi connectivity index (χ0v) is 15.1. The second kappa shape index (κ2) is 7.31. The summed E-state index contributed by atoms with van der Waals surface area (Å²) in [6, 6.07) is -0.480. The Morgan fingerprint density at radius 3 is 2.44 bits per heavy atom. The minimum atomic E-state index is -0.480. The fourth-order valence-electron chi connectivity index (χ4n) is 3.47. The van der Waals surface area contributed by atoms with Gasteiger partial charge < -0.3 is 11.1 Å². The highest BCUT2D eigenvalue weighted by Crippen LogP contribution is 2.30. The van der Waals surface area contributed by atoms with Gasteiger partial charge in [0.2, 0.25) is 5.91 Å². The predicted octanol–water partition coefficient (Wildman–Crippen LogP) is 2.28. The molecular formula is C18H26N6O. The first-order valence-electron chi connectivity index (χ1n) is 8.83. The molecule has 1 fully saturated rings. The Labute approximate surface area is 148 Å². The van der Waals surface area contributed by atoms with Gasteiger partial charge in [-0.25, -0.2) is 9.97 Å². The third-order valence-corrected chi connectivity index (χ3v) is 5.12. The van der Waals surface area contributed by atoms with Crippen LogP contribution >= 0.6 is 0 Å². The number of aryl methyl sites for hydroxylation is 2. The van der Waals surface area contributed by atoms with E-state index in [0.29, 0.717) is 11.5 Å². The van der Waals surface area contributed by atoms with E-state index >= 15 is 0 Å². The molecule has 1 aliphatic carbocycles. The molecule has 0 aliphatic heterocycles. The third-order valence-electron chi connectivity index (χ3n) is 5.12. The fourth-order valence-corrected chi connectivity index (χ4v) is 3.47. The van der Waals surface area contributed by atoms with Crippen LogP contribution in [0, 0.1) is 18.8 Å². The third kappa shape index (κ3) is 3.87. The Balaban J connectivity index is 1.64. The van der Waals surface area contributed by atoms with Crippen LogP contribution in [0.4, 0.5) is 5.69 Å². The Kier molecular flexibility index (Phi) is 5.13. The lowest BCUT2D eigenvalue weighted by Gasteiger charge is -2.29. The number of hydrogen-bond donors (Lipinski definition) is 2. The highest BCUT2D eigenvalue weighted by atomic mass is 16.2. The number of nitrogens with one attached hydrogen (secondary N) is 1. The number of aromatic nitrogens is 4. The lowest BCUT2D eigenvalue weighted by Crippen LogP contribution is -2.43. The summed E-state index contributed by atoms with van der Waals surface area (Å²) in [4.78, 5) is 21.1. The Morgan fingerprint density at radius 2 is 1.88 bits per heavy atom. The van der Waals surface area contributed by atoms with Crippen molar-refractivity contribution in [2.75, 3.05) is 5.32 Å². The van der Waals surface area contributed by atoms with Gasteiger partial charge in [0.1, 0.15) is 5.69 Å². The van der Waals surface area contributed by atoms with Crippen LogP contribution in [0.3, 0.4) is 0 Å². The van der Waals surface area contributed by atoms with Crippen LogP contribution < -0.4 is 11.1 Å². The molecule has 0 saturated heterocycles. The van der Waals surface area contributed by atoms with Gasteiger partial charge in [0.15, 0.2) is 5.82 Å². The normalized spacial score (nSPS) is 21.8. The van der Waals surface area contributed by atoms with E-state index in [9.17, 15) is 4.79 Å². The molecule has 7 nitrogen and oxygen atoms in total. The summed E-state index contributed by atoms with van der Waals surface area (Å²) in [5.41, 5.74) is 8.60. The summed E-state index contributed by atoms with van der Waals surface area (Å²) in [6.07, 6.45) is 9.33. The summed E-state index contributed by atoms with van der Waals surface area (Å²) in [5.74, 6) is 1.42. The van der Waals surface area contributed by atoms with Crippen molar-refractivity contribution in [1.82, 2.24) is 19.7 Å². The van der Waals surface area contributed by atoms with Gasteiger partial charge in [-0.05, 0) is 37.2 Å². The van der Waals surface area contributed by atoms with Crippen LogP contribution in [0.5, 0.6) is 0 Å². The Morgan fingerprint density at radius 1 is 1.24 bits per heavy atom. The molecule has 134 valence electrons. The number of anilines is 1. The number of carbonyl (C=O) groups excluding carboxylic acids is 1. The minimum Gasteiger partial charge on any atom is -0.322 e. The van der Waals surface area contributed by atoms with Crippen LogP contribution in [-0.4, -0.2) is 31.7 Å². The molecule has 3 rings (SSSR count). The number of rotatable bonds is 4. The molecule has 1 unspecified atom stereocenters. The maximum absolute atomic E-state index is 12.4.